The lowest BCUT2D eigenvalue weighted by atomic mass is 10.2. The molecule has 0 saturated carbocycles. The lowest BCUT2D eigenvalue weighted by Gasteiger charge is -2.14. The Morgan fingerprint density at radius 1 is 1.06 bits per heavy atom. The van der Waals surface area contributed by atoms with Crippen LogP contribution in [0.2, 0.25) is 0 Å². The van der Waals surface area contributed by atoms with E-state index in [2.05, 4.69) is 0 Å². The van der Waals surface area contributed by atoms with E-state index in [-0.39, 0.29) is 11.3 Å². The number of rotatable bonds is 1. The molecule has 0 saturated heterocycles. The van der Waals surface area contributed by atoms with Crippen LogP contribution >= 0.6 is 0 Å². The van der Waals surface area contributed by atoms with Crippen molar-refractivity contribution in [3.8, 4) is 0 Å². The van der Waals surface area contributed by atoms with E-state index in [1.165, 1.54) is 18.4 Å². The summed E-state index contributed by atoms with van der Waals surface area (Å²) in [5.41, 5.74) is 0.0582. The standard InChI is InChI=1S/C12H6FNO3/c13-8-2-1-7-5-6-17-12(7)11(8)14-9(15)3-4-10(14)16/h1-6H. The number of hydrogen-bond donors (Lipinski definition) is 0. The fraction of sp³-hybridized carbons (Fsp3) is 0. The molecule has 1 aliphatic rings. The van der Waals surface area contributed by atoms with Crippen LogP contribution in [0.1, 0.15) is 0 Å². The first-order chi connectivity index (χ1) is 8.18. The zero-order valence-corrected chi connectivity index (χ0v) is 8.51. The quantitative estimate of drug-likeness (QED) is 0.705. The molecule has 0 N–H and O–H groups in total. The van der Waals surface area contributed by atoms with Gasteiger partial charge in [0, 0.05) is 17.5 Å². The third kappa shape index (κ3) is 1.29. The molecular weight excluding hydrogens is 225 g/mol. The van der Waals surface area contributed by atoms with E-state index in [0.717, 1.165) is 17.1 Å². The van der Waals surface area contributed by atoms with Crippen LogP contribution in [0.5, 0.6) is 0 Å². The van der Waals surface area contributed by atoms with Crippen molar-refractivity contribution in [1.29, 1.82) is 0 Å². The van der Waals surface area contributed by atoms with Gasteiger partial charge in [-0.25, -0.2) is 9.29 Å². The minimum atomic E-state index is -0.669. The Kier molecular flexibility index (Phi) is 1.89. The van der Waals surface area contributed by atoms with Crippen molar-refractivity contribution in [1.82, 2.24) is 0 Å². The zero-order chi connectivity index (χ0) is 12.0. The number of carbonyl (C=O) groups is 2. The number of amides is 2. The first kappa shape index (κ1) is 9.77. The van der Waals surface area contributed by atoms with E-state index in [1.54, 1.807) is 6.07 Å². The second kappa shape index (κ2) is 3.28. The molecule has 0 aliphatic carbocycles. The maximum atomic E-state index is 13.8. The van der Waals surface area contributed by atoms with Gasteiger partial charge in [0.25, 0.3) is 11.8 Å². The van der Waals surface area contributed by atoms with E-state index in [1.807, 2.05) is 0 Å². The van der Waals surface area contributed by atoms with Gasteiger partial charge in [-0.15, -0.1) is 0 Å². The van der Waals surface area contributed by atoms with Gasteiger partial charge >= 0.3 is 0 Å². The third-order valence-corrected chi connectivity index (χ3v) is 2.58. The van der Waals surface area contributed by atoms with Gasteiger partial charge in [0.2, 0.25) is 0 Å². The Morgan fingerprint density at radius 2 is 1.76 bits per heavy atom. The monoisotopic (exact) mass is 231 g/mol. The normalized spacial score (nSPS) is 15.2. The molecule has 1 aliphatic heterocycles. The van der Waals surface area contributed by atoms with Crippen molar-refractivity contribution in [3.63, 3.8) is 0 Å². The largest absolute Gasteiger partial charge is 0.462 e. The highest BCUT2D eigenvalue weighted by molar-refractivity contribution is 6.29. The first-order valence-electron chi connectivity index (χ1n) is 4.90. The Morgan fingerprint density at radius 3 is 2.47 bits per heavy atom. The van der Waals surface area contributed by atoms with Crippen LogP contribution in [0.15, 0.2) is 41.0 Å². The number of imide groups is 1. The van der Waals surface area contributed by atoms with Crippen LogP contribution in [0.3, 0.4) is 0 Å². The average Bonchev–Trinajstić information content (AvgIpc) is 2.88. The van der Waals surface area contributed by atoms with E-state index in [9.17, 15) is 14.0 Å². The highest BCUT2D eigenvalue weighted by Crippen LogP contribution is 2.32. The minimum Gasteiger partial charge on any atom is -0.462 e. The molecule has 3 rings (SSSR count). The van der Waals surface area contributed by atoms with Gasteiger partial charge in [-0.1, -0.05) is 0 Å². The van der Waals surface area contributed by atoms with Crippen LogP contribution in [-0.4, -0.2) is 11.8 Å². The SMILES string of the molecule is O=C1C=CC(=O)N1c1c(F)ccc2ccoc12. The molecular formula is C12H6FNO3. The van der Waals surface area contributed by atoms with Gasteiger partial charge in [0.05, 0.1) is 6.26 Å². The van der Waals surface area contributed by atoms with Gasteiger partial charge in [-0.05, 0) is 18.2 Å². The summed E-state index contributed by atoms with van der Waals surface area (Å²) < 4.78 is 18.9. The Hall–Kier alpha value is -2.43. The summed E-state index contributed by atoms with van der Waals surface area (Å²) in [4.78, 5) is 23.8. The number of nitrogens with zero attached hydrogens (tertiary/aromatic N) is 1. The third-order valence-electron chi connectivity index (χ3n) is 2.58. The Bertz CT molecular complexity index is 653. The molecule has 2 aromatic rings. The number of anilines is 1. The number of fused-ring (bicyclic) bond motifs is 1. The Labute approximate surface area is 94.9 Å². The lowest BCUT2D eigenvalue weighted by Crippen LogP contribution is -2.30. The Balaban J connectivity index is 2.29. The molecule has 1 aromatic heterocycles. The molecule has 4 nitrogen and oxygen atoms in total. The summed E-state index contributed by atoms with van der Waals surface area (Å²) in [6.45, 7) is 0. The summed E-state index contributed by atoms with van der Waals surface area (Å²) >= 11 is 0. The predicted molar refractivity (Wildman–Crippen MR) is 57.8 cm³/mol. The molecule has 2 heterocycles. The molecule has 1 aromatic carbocycles. The molecule has 0 atom stereocenters. The molecule has 5 heteroatoms. The van der Waals surface area contributed by atoms with Crippen molar-refractivity contribution >= 4 is 28.5 Å². The van der Waals surface area contributed by atoms with Crippen LogP contribution in [0.4, 0.5) is 10.1 Å². The summed E-state index contributed by atoms with van der Waals surface area (Å²) in [6, 6.07) is 4.36. The van der Waals surface area contributed by atoms with Crippen LogP contribution in [0.25, 0.3) is 11.0 Å². The van der Waals surface area contributed by atoms with Gasteiger partial charge in [-0.3, -0.25) is 9.59 Å². The van der Waals surface area contributed by atoms with Crippen LogP contribution < -0.4 is 4.90 Å². The summed E-state index contributed by atoms with van der Waals surface area (Å²) in [7, 11) is 0. The summed E-state index contributed by atoms with van der Waals surface area (Å²) in [5.74, 6) is -1.81. The van der Waals surface area contributed by atoms with Gasteiger partial charge < -0.3 is 4.42 Å². The van der Waals surface area contributed by atoms with Gasteiger partial charge in [-0.2, -0.15) is 0 Å². The first-order valence-corrected chi connectivity index (χ1v) is 4.90. The fourth-order valence-electron chi connectivity index (χ4n) is 1.82. The highest BCUT2D eigenvalue weighted by Gasteiger charge is 2.30. The second-order valence-electron chi connectivity index (χ2n) is 3.58. The number of carbonyl (C=O) groups excluding carboxylic acids is 2. The fourth-order valence-corrected chi connectivity index (χ4v) is 1.82. The van der Waals surface area contributed by atoms with Gasteiger partial charge in [0.1, 0.15) is 5.69 Å². The minimum absolute atomic E-state index is 0.132. The molecule has 0 radical (unpaired) electrons. The van der Waals surface area contributed by atoms with E-state index >= 15 is 0 Å². The summed E-state index contributed by atoms with van der Waals surface area (Å²) in [5, 5.41) is 0.633. The molecule has 2 amide bonds. The summed E-state index contributed by atoms with van der Waals surface area (Å²) in [6.07, 6.45) is 3.58. The smallest absolute Gasteiger partial charge is 0.258 e. The lowest BCUT2D eigenvalue weighted by molar-refractivity contribution is -0.120. The van der Waals surface area contributed by atoms with Crippen molar-refractivity contribution in [3.05, 3.63) is 42.4 Å². The molecule has 0 spiro atoms. The van der Waals surface area contributed by atoms with Gasteiger partial charge in [0.15, 0.2) is 11.4 Å². The number of halogens is 1. The molecule has 0 bridgehead atoms. The predicted octanol–water partition coefficient (Wildman–Crippen LogP) is 2.00. The van der Waals surface area contributed by atoms with Crippen molar-refractivity contribution in [2.24, 2.45) is 0 Å². The highest BCUT2D eigenvalue weighted by atomic mass is 19.1. The topological polar surface area (TPSA) is 50.5 Å². The molecule has 0 unspecified atom stereocenters. The van der Waals surface area contributed by atoms with Crippen molar-refractivity contribution in [2.75, 3.05) is 4.90 Å². The molecule has 17 heavy (non-hydrogen) atoms. The van der Waals surface area contributed by atoms with Crippen molar-refractivity contribution < 1.29 is 18.4 Å². The maximum absolute atomic E-state index is 13.8. The molecule has 84 valence electrons. The van der Waals surface area contributed by atoms with E-state index in [4.69, 9.17) is 4.42 Å². The van der Waals surface area contributed by atoms with E-state index < -0.39 is 17.6 Å². The zero-order valence-electron chi connectivity index (χ0n) is 8.51. The number of benzene rings is 1. The average molecular weight is 231 g/mol. The van der Waals surface area contributed by atoms with E-state index in [0.29, 0.717) is 5.39 Å². The number of hydrogen-bond acceptors (Lipinski definition) is 3. The maximum Gasteiger partial charge on any atom is 0.258 e. The van der Waals surface area contributed by atoms with Crippen molar-refractivity contribution in [2.45, 2.75) is 0 Å². The van der Waals surface area contributed by atoms with Crippen LogP contribution in [0, 0.1) is 5.82 Å². The van der Waals surface area contributed by atoms with Crippen LogP contribution in [-0.2, 0) is 9.59 Å². The second-order valence-corrected chi connectivity index (χ2v) is 3.58. The molecule has 0 fully saturated rings. The number of furan rings is 1.